The van der Waals surface area contributed by atoms with Crippen LogP contribution >= 0.6 is 24.0 Å². The number of hydrogen-bond donors (Lipinski definition) is 2. The van der Waals surface area contributed by atoms with Crippen LogP contribution in [0.2, 0.25) is 5.02 Å². The second-order valence-electron chi connectivity index (χ2n) is 5.92. The van der Waals surface area contributed by atoms with Crippen molar-refractivity contribution < 1.29 is 14.3 Å². The van der Waals surface area contributed by atoms with Gasteiger partial charge in [-0.1, -0.05) is 41.9 Å². The summed E-state index contributed by atoms with van der Waals surface area (Å²) in [6, 6.07) is 13.1. The summed E-state index contributed by atoms with van der Waals surface area (Å²) in [6.45, 7) is 1.53. The molecule has 3 N–H and O–H groups in total. The Bertz CT molecular complexity index is 741. The molecule has 26 heavy (non-hydrogen) atoms. The van der Waals surface area contributed by atoms with Crippen LogP contribution in [0, 0.1) is 0 Å². The number of halogens is 2. The minimum atomic E-state index is -0.301. The molecule has 1 aliphatic heterocycles. The Balaban J connectivity index is 0.00000243. The molecule has 5 nitrogen and oxygen atoms in total. The molecule has 1 unspecified atom stereocenters. The molecule has 0 saturated carbocycles. The maximum Gasteiger partial charge on any atom is 0.221 e. The number of carbonyl (C=O) groups excluding carboxylic acids is 1. The first-order chi connectivity index (χ1) is 12.1. The molecule has 0 spiro atoms. The van der Waals surface area contributed by atoms with E-state index in [4.69, 9.17) is 26.8 Å². The average Bonchev–Trinajstić information content (AvgIpc) is 2.62. The Kier molecular flexibility index (Phi) is 7.57. The van der Waals surface area contributed by atoms with Crippen molar-refractivity contribution in [2.24, 2.45) is 5.73 Å². The number of amides is 1. The van der Waals surface area contributed by atoms with Crippen LogP contribution in [0.15, 0.2) is 42.5 Å². The maximum absolute atomic E-state index is 12.1. The molecular formula is C19H22Cl2N2O3. The molecule has 140 valence electrons. The van der Waals surface area contributed by atoms with Crippen molar-refractivity contribution in [2.45, 2.75) is 18.9 Å². The van der Waals surface area contributed by atoms with Crippen LogP contribution in [-0.4, -0.2) is 25.7 Å². The van der Waals surface area contributed by atoms with Gasteiger partial charge in [0.1, 0.15) is 13.2 Å². The number of nitrogens with one attached hydrogen (secondary N) is 1. The maximum atomic E-state index is 12.1. The predicted molar refractivity (Wildman–Crippen MR) is 104 cm³/mol. The Morgan fingerprint density at radius 3 is 2.69 bits per heavy atom. The van der Waals surface area contributed by atoms with Gasteiger partial charge in [-0.25, -0.2) is 0 Å². The SMILES string of the molecule is Cl.NC(CC(=O)NCCc1cc(Cl)c2c(c1)OCCO2)c1ccccc1. The minimum absolute atomic E-state index is 0. The van der Waals surface area contributed by atoms with Gasteiger partial charge in [0.2, 0.25) is 5.91 Å². The second kappa shape index (κ2) is 9.67. The van der Waals surface area contributed by atoms with Crippen LogP contribution in [0.4, 0.5) is 0 Å². The lowest BCUT2D eigenvalue weighted by atomic mass is 10.0. The third-order valence-corrected chi connectivity index (χ3v) is 4.31. The van der Waals surface area contributed by atoms with Gasteiger partial charge in [-0.05, 0) is 29.7 Å². The van der Waals surface area contributed by atoms with Gasteiger partial charge in [0, 0.05) is 19.0 Å². The van der Waals surface area contributed by atoms with Crippen LogP contribution in [0.3, 0.4) is 0 Å². The molecule has 2 aromatic carbocycles. The summed E-state index contributed by atoms with van der Waals surface area (Å²) in [5.41, 5.74) is 8.01. The molecule has 0 saturated heterocycles. The molecule has 1 amide bonds. The first-order valence-electron chi connectivity index (χ1n) is 8.29. The summed E-state index contributed by atoms with van der Waals surface area (Å²) >= 11 is 6.22. The number of rotatable bonds is 6. The average molecular weight is 397 g/mol. The molecule has 1 atom stereocenters. The first-order valence-corrected chi connectivity index (χ1v) is 8.66. The monoisotopic (exact) mass is 396 g/mol. The summed E-state index contributed by atoms with van der Waals surface area (Å²) in [6.07, 6.45) is 0.911. The molecule has 0 aliphatic carbocycles. The largest absolute Gasteiger partial charge is 0.486 e. The number of fused-ring (bicyclic) bond motifs is 1. The predicted octanol–water partition coefficient (Wildman–Crippen LogP) is 3.28. The van der Waals surface area contributed by atoms with Crippen molar-refractivity contribution in [3.63, 3.8) is 0 Å². The van der Waals surface area contributed by atoms with E-state index in [-0.39, 0.29) is 30.8 Å². The van der Waals surface area contributed by atoms with Crippen LogP contribution in [-0.2, 0) is 11.2 Å². The normalized spacial score (nSPS) is 13.5. The Morgan fingerprint density at radius 1 is 1.19 bits per heavy atom. The van der Waals surface area contributed by atoms with Crippen LogP contribution < -0.4 is 20.5 Å². The van der Waals surface area contributed by atoms with E-state index in [2.05, 4.69) is 5.32 Å². The lowest BCUT2D eigenvalue weighted by Crippen LogP contribution is -2.29. The van der Waals surface area contributed by atoms with Gasteiger partial charge in [0.15, 0.2) is 11.5 Å². The topological polar surface area (TPSA) is 73.6 Å². The minimum Gasteiger partial charge on any atom is -0.486 e. The Hall–Kier alpha value is -1.95. The molecule has 0 fully saturated rings. The van der Waals surface area contributed by atoms with Crippen molar-refractivity contribution in [3.05, 3.63) is 58.6 Å². The molecule has 1 heterocycles. The van der Waals surface area contributed by atoms with E-state index in [1.54, 1.807) is 0 Å². The zero-order chi connectivity index (χ0) is 17.6. The van der Waals surface area contributed by atoms with Crippen LogP contribution in [0.5, 0.6) is 11.5 Å². The lowest BCUT2D eigenvalue weighted by molar-refractivity contribution is -0.121. The summed E-state index contributed by atoms with van der Waals surface area (Å²) in [7, 11) is 0. The van der Waals surface area contributed by atoms with Crippen LogP contribution in [0.1, 0.15) is 23.6 Å². The van der Waals surface area contributed by atoms with E-state index in [1.807, 2.05) is 42.5 Å². The zero-order valence-corrected chi connectivity index (χ0v) is 15.8. The number of carbonyl (C=O) groups is 1. The van der Waals surface area contributed by atoms with Crippen molar-refractivity contribution >= 4 is 29.9 Å². The Morgan fingerprint density at radius 2 is 1.92 bits per heavy atom. The van der Waals surface area contributed by atoms with Gasteiger partial charge in [0.05, 0.1) is 5.02 Å². The fourth-order valence-corrected chi connectivity index (χ4v) is 3.03. The lowest BCUT2D eigenvalue weighted by Gasteiger charge is -2.20. The molecule has 0 radical (unpaired) electrons. The fourth-order valence-electron chi connectivity index (χ4n) is 2.74. The number of ether oxygens (including phenoxy) is 2. The Labute approximate surface area is 164 Å². The summed E-state index contributed by atoms with van der Waals surface area (Å²) in [5, 5.41) is 3.43. The quantitative estimate of drug-likeness (QED) is 0.785. The van der Waals surface area contributed by atoms with Gasteiger partial charge >= 0.3 is 0 Å². The summed E-state index contributed by atoms with van der Waals surface area (Å²) in [5.74, 6) is 1.18. The highest BCUT2D eigenvalue weighted by atomic mass is 35.5. The molecule has 0 aromatic heterocycles. The molecular weight excluding hydrogens is 375 g/mol. The molecule has 2 aromatic rings. The fraction of sp³-hybridized carbons (Fsp3) is 0.316. The van der Waals surface area contributed by atoms with Gasteiger partial charge in [-0.15, -0.1) is 12.4 Å². The van der Waals surface area contributed by atoms with Gasteiger partial charge < -0.3 is 20.5 Å². The number of benzene rings is 2. The number of hydrogen-bond acceptors (Lipinski definition) is 4. The summed E-state index contributed by atoms with van der Waals surface area (Å²) < 4.78 is 11.1. The third-order valence-electron chi connectivity index (χ3n) is 4.03. The van der Waals surface area contributed by atoms with Crippen molar-refractivity contribution in [1.82, 2.24) is 5.32 Å². The highest BCUT2D eigenvalue weighted by Gasteiger charge is 2.17. The molecule has 1 aliphatic rings. The van der Waals surface area contributed by atoms with Crippen molar-refractivity contribution in [1.29, 1.82) is 0 Å². The first kappa shape index (κ1) is 20.4. The van der Waals surface area contributed by atoms with Gasteiger partial charge in [0.25, 0.3) is 0 Å². The highest BCUT2D eigenvalue weighted by Crippen LogP contribution is 2.38. The van der Waals surface area contributed by atoms with E-state index in [9.17, 15) is 4.79 Å². The third kappa shape index (κ3) is 5.27. The van der Waals surface area contributed by atoms with E-state index in [0.717, 1.165) is 11.1 Å². The number of nitrogens with two attached hydrogens (primary N) is 1. The van der Waals surface area contributed by atoms with E-state index < -0.39 is 0 Å². The van der Waals surface area contributed by atoms with Crippen molar-refractivity contribution in [3.8, 4) is 11.5 Å². The second-order valence-corrected chi connectivity index (χ2v) is 6.33. The van der Waals surface area contributed by atoms with Gasteiger partial charge in [-0.3, -0.25) is 4.79 Å². The molecule has 7 heteroatoms. The van der Waals surface area contributed by atoms with Crippen molar-refractivity contribution in [2.75, 3.05) is 19.8 Å². The van der Waals surface area contributed by atoms with Gasteiger partial charge in [-0.2, -0.15) is 0 Å². The summed E-state index contributed by atoms with van der Waals surface area (Å²) in [4.78, 5) is 12.1. The van der Waals surface area contributed by atoms with E-state index >= 15 is 0 Å². The smallest absolute Gasteiger partial charge is 0.221 e. The standard InChI is InChI=1S/C19H21ClN2O3.ClH/c20-15-10-13(11-17-19(15)25-9-8-24-17)6-7-22-18(23)12-16(21)14-4-2-1-3-5-14;/h1-5,10-11,16H,6-9,12,21H2,(H,22,23);1H. The van der Waals surface area contributed by atoms with Crippen LogP contribution in [0.25, 0.3) is 0 Å². The zero-order valence-electron chi connectivity index (χ0n) is 14.2. The highest BCUT2D eigenvalue weighted by molar-refractivity contribution is 6.32. The molecule has 3 rings (SSSR count). The van der Waals surface area contributed by atoms with E-state index in [1.165, 1.54) is 0 Å². The molecule has 0 bridgehead atoms. The van der Waals surface area contributed by atoms with E-state index in [0.29, 0.717) is 42.7 Å².